The Bertz CT molecular complexity index is 571. The minimum atomic E-state index is -0.922. The SMILES string of the molecule is COC(=O)CCC(NC(=O)c1ccc(N)c(C)c1)C(=O)OC. The minimum Gasteiger partial charge on any atom is -0.469 e. The van der Waals surface area contributed by atoms with Crippen LogP contribution in [0.5, 0.6) is 0 Å². The van der Waals surface area contributed by atoms with Crippen LogP contribution in [-0.4, -0.2) is 38.1 Å². The number of rotatable bonds is 6. The van der Waals surface area contributed by atoms with Gasteiger partial charge in [0.15, 0.2) is 0 Å². The summed E-state index contributed by atoms with van der Waals surface area (Å²) in [6.07, 6.45) is 0.0936. The molecule has 1 aromatic carbocycles. The van der Waals surface area contributed by atoms with E-state index in [2.05, 4.69) is 14.8 Å². The first-order valence-electron chi connectivity index (χ1n) is 6.70. The van der Waals surface area contributed by atoms with E-state index in [9.17, 15) is 14.4 Å². The first kappa shape index (κ1) is 17.5. The predicted molar refractivity (Wildman–Crippen MR) is 80.1 cm³/mol. The topological polar surface area (TPSA) is 108 Å². The molecular weight excluding hydrogens is 288 g/mol. The summed E-state index contributed by atoms with van der Waals surface area (Å²) in [7, 11) is 2.47. The van der Waals surface area contributed by atoms with Crippen molar-refractivity contribution in [1.29, 1.82) is 0 Å². The Balaban J connectivity index is 2.79. The Kier molecular flexibility index (Phi) is 6.37. The van der Waals surface area contributed by atoms with Crippen LogP contribution in [0.4, 0.5) is 5.69 Å². The first-order valence-corrected chi connectivity index (χ1v) is 6.70. The van der Waals surface area contributed by atoms with Gasteiger partial charge in [0, 0.05) is 17.7 Å². The van der Waals surface area contributed by atoms with Crippen LogP contribution in [0.15, 0.2) is 18.2 Å². The summed E-state index contributed by atoms with van der Waals surface area (Å²) in [5, 5.41) is 2.55. The third-order valence-corrected chi connectivity index (χ3v) is 3.19. The third kappa shape index (κ3) is 4.76. The molecule has 0 saturated heterocycles. The van der Waals surface area contributed by atoms with Crippen molar-refractivity contribution in [3.8, 4) is 0 Å². The maximum Gasteiger partial charge on any atom is 0.328 e. The molecule has 0 saturated carbocycles. The summed E-state index contributed by atoms with van der Waals surface area (Å²) in [5.41, 5.74) is 7.41. The van der Waals surface area contributed by atoms with Crippen LogP contribution in [0, 0.1) is 6.92 Å². The summed E-state index contributed by atoms with van der Waals surface area (Å²) >= 11 is 0. The molecule has 0 aromatic heterocycles. The molecule has 0 radical (unpaired) electrons. The zero-order chi connectivity index (χ0) is 16.7. The summed E-state index contributed by atoms with van der Waals surface area (Å²) in [6, 6.07) is 3.88. The third-order valence-electron chi connectivity index (χ3n) is 3.19. The first-order chi connectivity index (χ1) is 10.4. The van der Waals surface area contributed by atoms with Crippen LogP contribution < -0.4 is 11.1 Å². The van der Waals surface area contributed by atoms with E-state index in [0.717, 1.165) is 5.56 Å². The van der Waals surface area contributed by atoms with Gasteiger partial charge in [0.25, 0.3) is 5.91 Å². The fraction of sp³-hybridized carbons (Fsp3) is 0.400. The molecule has 7 heteroatoms. The summed E-state index contributed by atoms with van der Waals surface area (Å²) < 4.78 is 9.15. The molecule has 0 fully saturated rings. The second-order valence-electron chi connectivity index (χ2n) is 4.74. The highest BCUT2D eigenvalue weighted by Gasteiger charge is 2.23. The molecule has 0 spiro atoms. The van der Waals surface area contributed by atoms with Gasteiger partial charge in [-0.15, -0.1) is 0 Å². The van der Waals surface area contributed by atoms with Crippen LogP contribution in [0.3, 0.4) is 0 Å². The Morgan fingerprint density at radius 3 is 2.45 bits per heavy atom. The zero-order valence-electron chi connectivity index (χ0n) is 12.8. The quantitative estimate of drug-likeness (QED) is 0.594. The average molecular weight is 308 g/mol. The number of amides is 1. The molecule has 22 heavy (non-hydrogen) atoms. The summed E-state index contributed by atoms with van der Waals surface area (Å²) in [4.78, 5) is 35.0. The standard InChI is InChI=1S/C15H20N2O5/c1-9-8-10(4-5-11(9)16)14(19)17-12(15(20)22-3)6-7-13(18)21-2/h4-5,8,12H,6-7,16H2,1-3H3,(H,17,19). The molecule has 0 heterocycles. The van der Waals surface area contributed by atoms with Crippen molar-refractivity contribution >= 4 is 23.5 Å². The molecule has 120 valence electrons. The summed E-state index contributed by atoms with van der Waals surface area (Å²) in [5.74, 6) is -1.53. The van der Waals surface area contributed by atoms with Crippen LogP contribution in [0.1, 0.15) is 28.8 Å². The van der Waals surface area contributed by atoms with Gasteiger partial charge in [-0.25, -0.2) is 4.79 Å². The number of anilines is 1. The number of carbonyl (C=O) groups is 3. The lowest BCUT2D eigenvalue weighted by molar-refractivity contribution is -0.144. The van der Waals surface area contributed by atoms with Gasteiger partial charge in [-0.1, -0.05) is 0 Å². The van der Waals surface area contributed by atoms with Crippen molar-refractivity contribution in [3.05, 3.63) is 29.3 Å². The second kappa shape index (κ2) is 8.02. The lowest BCUT2D eigenvalue weighted by atomic mass is 10.1. The molecule has 0 aliphatic rings. The van der Waals surface area contributed by atoms with Gasteiger partial charge < -0.3 is 20.5 Å². The van der Waals surface area contributed by atoms with Gasteiger partial charge in [-0.2, -0.15) is 0 Å². The molecular formula is C15H20N2O5. The molecule has 0 aliphatic carbocycles. The number of hydrogen-bond acceptors (Lipinski definition) is 6. The van der Waals surface area contributed by atoms with Crippen molar-refractivity contribution in [2.45, 2.75) is 25.8 Å². The molecule has 7 nitrogen and oxygen atoms in total. The molecule has 0 bridgehead atoms. The maximum absolute atomic E-state index is 12.2. The number of hydrogen-bond donors (Lipinski definition) is 2. The number of methoxy groups -OCH3 is 2. The van der Waals surface area contributed by atoms with Gasteiger partial charge in [0.05, 0.1) is 14.2 Å². The van der Waals surface area contributed by atoms with Crippen molar-refractivity contribution in [2.24, 2.45) is 0 Å². The van der Waals surface area contributed by atoms with E-state index in [-0.39, 0.29) is 12.8 Å². The normalized spacial score (nSPS) is 11.4. The zero-order valence-corrected chi connectivity index (χ0v) is 12.8. The predicted octanol–water partition coefficient (Wildman–Crippen LogP) is 0.802. The van der Waals surface area contributed by atoms with Crippen LogP contribution in [-0.2, 0) is 19.1 Å². The van der Waals surface area contributed by atoms with E-state index in [1.807, 2.05) is 0 Å². The number of nitrogens with two attached hydrogens (primary N) is 1. The Hall–Kier alpha value is -2.57. The van der Waals surface area contributed by atoms with Crippen molar-refractivity contribution in [3.63, 3.8) is 0 Å². The minimum absolute atomic E-state index is 0.00267. The van der Waals surface area contributed by atoms with E-state index in [4.69, 9.17) is 5.73 Å². The molecule has 1 atom stereocenters. The highest BCUT2D eigenvalue weighted by molar-refractivity contribution is 5.97. The molecule has 1 amide bonds. The van der Waals surface area contributed by atoms with E-state index in [0.29, 0.717) is 11.3 Å². The van der Waals surface area contributed by atoms with E-state index >= 15 is 0 Å². The largest absolute Gasteiger partial charge is 0.469 e. The van der Waals surface area contributed by atoms with Gasteiger partial charge >= 0.3 is 11.9 Å². The molecule has 3 N–H and O–H groups in total. The van der Waals surface area contributed by atoms with E-state index in [1.165, 1.54) is 14.2 Å². The van der Waals surface area contributed by atoms with Crippen molar-refractivity contribution in [2.75, 3.05) is 20.0 Å². The average Bonchev–Trinajstić information content (AvgIpc) is 2.52. The monoisotopic (exact) mass is 308 g/mol. The van der Waals surface area contributed by atoms with E-state index < -0.39 is 23.9 Å². The number of nitrogen functional groups attached to an aromatic ring is 1. The Labute approximate surface area is 128 Å². The van der Waals surface area contributed by atoms with Gasteiger partial charge in [-0.3, -0.25) is 9.59 Å². The number of nitrogens with one attached hydrogen (secondary N) is 1. The molecule has 1 rings (SSSR count). The highest BCUT2D eigenvalue weighted by Crippen LogP contribution is 2.13. The van der Waals surface area contributed by atoms with Crippen LogP contribution in [0.2, 0.25) is 0 Å². The van der Waals surface area contributed by atoms with Gasteiger partial charge in [-0.05, 0) is 37.1 Å². The van der Waals surface area contributed by atoms with E-state index in [1.54, 1.807) is 25.1 Å². The highest BCUT2D eigenvalue weighted by atomic mass is 16.5. The lowest BCUT2D eigenvalue weighted by Gasteiger charge is -2.16. The number of esters is 2. The maximum atomic E-state index is 12.2. The second-order valence-corrected chi connectivity index (χ2v) is 4.74. The van der Waals surface area contributed by atoms with Crippen molar-refractivity contribution < 1.29 is 23.9 Å². The summed E-state index contributed by atoms with van der Waals surface area (Å²) in [6.45, 7) is 1.78. The Morgan fingerprint density at radius 2 is 1.91 bits per heavy atom. The molecule has 0 aliphatic heterocycles. The molecule has 1 aromatic rings. The fourth-order valence-corrected chi connectivity index (χ4v) is 1.81. The molecule has 1 unspecified atom stereocenters. The number of carbonyl (C=O) groups excluding carboxylic acids is 3. The van der Waals surface area contributed by atoms with Crippen molar-refractivity contribution in [1.82, 2.24) is 5.32 Å². The number of aryl methyl sites for hydroxylation is 1. The Morgan fingerprint density at radius 1 is 1.23 bits per heavy atom. The smallest absolute Gasteiger partial charge is 0.328 e. The van der Waals surface area contributed by atoms with Crippen LogP contribution >= 0.6 is 0 Å². The number of benzene rings is 1. The number of ether oxygens (including phenoxy) is 2. The lowest BCUT2D eigenvalue weighted by Crippen LogP contribution is -2.41. The van der Waals surface area contributed by atoms with Gasteiger partial charge in [0.1, 0.15) is 6.04 Å². The fourth-order valence-electron chi connectivity index (χ4n) is 1.81. The van der Waals surface area contributed by atoms with Crippen LogP contribution in [0.25, 0.3) is 0 Å². The van der Waals surface area contributed by atoms with Gasteiger partial charge in [0.2, 0.25) is 0 Å².